The fourth-order valence-electron chi connectivity index (χ4n) is 1.65. The quantitative estimate of drug-likeness (QED) is 0.789. The van der Waals surface area contributed by atoms with E-state index >= 15 is 0 Å². The van der Waals surface area contributed by atoms with Gasteiger partial charge < -0.3 is 10.8 Å². The molecule has 0 fully saturated rings. The predicted molar refractivity (Wildman–Crippen MR) is 57.1 cm³/mol. The Hall–Kier alpha value is -1.93. The van der Waals surface area contributed by atoms with Crippen molar-refractivity contribution in [2.24, 2.45) is 5.73 Å². The van der Waals surface area contributed by atoms with Crippen molar-refractivity contribution in [1.82, 2.24) is 20.2 Å². The first-order valence-corrected chi connectivity index (χ1v) is 5.14. The molecule has 96 valence electrons. The average Bonchev–Trinajstić information content (AvgIpc) is 2.81. The van der Waals surface area contributed by atoms with Crippen molar-refractivity contribution in [2.45, 2.75) is 12.1 Å². The molecular formula is C10H11F2N5O. The van der Waals surface area contributed by atoms with Crippen LogP contribution < -0.4 is 5.73 Å². The van der Waals surface area contributed by atoms with E-state index in [4.69, 9.17) is 5.73 Å². The van der Waals surface area contributed by atoms with E-state index in [1.54, 1.807) is 0 Å². The van der Waals surface area contributed by atoms with E-state index in [1.165, 1.54) is 11.0 Å². The maximum Gasteiger partial charge on any atom is 0.138 e. The Morgan fingerprint density at radius 1 is 1.39 bits per heavy atom. The second-order valence-electron chi connectivity index (χ2n) is 3.87. The summed E-state index contributed by atoms with van der Waals surface area (Å²) >= 11 is 0. The van der Waals surface area contributed by atoms with Crippen molar-refractivity contribution < 1.29 is 13.9 Å². The summed E-state index contributed by atoms with van der Waals surface area (Å²) in [5.41, 5.74) is 3.67. The number of nitrogens with two attached hydrogens (primary N) is 1. The van der Waals surface area contributed by atoms with Gasteiger partial charge in [-0.1, -0.05) is 6.07 Å². The third kappa shape index (κ3) is 2.34. The number of rotatable bonds is 4. The van der Waals surface area contributed by atoms with Crippen LogP contribution in [0.1, 0.15) is 5.56 Å². The van der Waals surface area contributed by atoms with E-state index in [2.05, 4.69) is 15.5 Å². The number of hydrogen-bond donors (Lipinski definition) is 2. The second kappa shape index (κ2) is 4.75. The lowest BCUT2D eigenvalue weighted by atomic mass is 9.93. The first-order chi connectivity index (χ1) is 8.55. The van der Waals surface area contributed by atoms with Gasteiger partial charge in [0.15, 0.2) is 0 Å². The summed E-state index contributed by atoms with van der Waals surface area (Å²) in [5, 5.41) is 20.7. The Morgan fingerprint density at radius 2 is 2.17 bits per heavy atom. The molecule has 1 unspecified atom stereocenters. The standard InChI is InChI=1S/C10H11F2N5O/c11-7-1-2-8(9(12)3-7)10(18,4-13)5-17-6-14-15-16-17/h1-3,6,18H,4-5,13H2. The number of aromatic nitrogens is 4. The van der Waals surface area contributed by atoms with Crippen molar-refractivity contribution >= 4 is 0 Å². The Labute approximate surface area is 101 Å². The molecule has 18 heavy (non-hydrogen) atoms. The zero-order valence-corrected chi connectivity index (χ0v) is 9.29. The van der Waals surface area contributed by atoms with Gasteiger partial charge in [0.1, 0.15) is 23.6 Å². The van der Waals surface area contributed by atoms with Crippen LogP contribution in [0.15, 0.2) is 24.5 Å². The zero-order valence-electron chi connectivity index (χ0n) is 9.29. The highest BCUT2D eigenvalue weighted by atomic mass is 19.1. The molecule has 0 aliphatic rings. The summed E-state index contributed by atoms with van der Waals surface area (Å²) in [6.07, 6.45) is 1.27. The van der Waals surface area contributed by atoms with Crippen LogP contribution in [0.3, 0.4) is 0 Å². The second-order valence-corrected chi connectivity index (χ2v) is 3.87. The van der Waals surface area contributed by atoms with Crippen molar-refractivity contribution in [3.05, 3.63) is 41.7 Å². The first kappa shape index (κ1) is 12.5. The summed E-state index contributed by atoms with van der Waals surface area (Å²) in [4.78, 5) is 0. The van der Waals surface area contributed by atoms with Crippen LogP contribution in [-0.4, -0.2) is 31.9 Å². The summed E-state index contributed by atoms with van der Waals surface area (Å²) in [6, 6.07) is 2.90. The molecule has 0 bridgehead atoms. The lowest BCUT2D eigenvalue weighted by molar-refractivity contribution is 0.0200. The topological polar surface area (TPSA) is 89.8 Å². The maximum absolute atomic E-state index is 13.6. The molecule has 6 nitrogen and oxygen atoms in total. The molecule has 0 amide bonds. The van der Waals surface area contributed by atoms with Crippen molar-refractivity contribution in [1.29, 1.82) is 0 Å². The normalized spacial score (nSPS) is 14.4. The lowest BCUT2D eigenvalue weighted by Gasteiger charge is -2.26. The van der Waals surface area contributed by atoms with Crippen LogP contribution in [0.25, 0.3) is 0 Å². The van der Waals surface area contributed by atoms with Gasteiger partial charge in [-0.15, -0.1) is 5.10 Å². The minimum absolute atomic E-state index is 0.0955. The zero-order chi connectivity index (χ0) is 13.2. The minimum atomic E-state index is -1.70. The average molecular weight is 255 g/mol. The summed E-state index contributed by atoms with van der Waals surface area (Å²) < 4.78 is 27.7. The highest BCUT2D eigenvalue weighted by molar-refractivity contribution is 5.25. The number of nitrogens with zero attached hydrogens (tertiary/aromatic N) is 4. The van der Waals surface area contributed by atoms with E-state index in [1.807, 2.05) is 0 Å². The molecular weight excluding hydrogens is 244 g/mol. The van der Waals surface area contributed by atoms with Crippen LogP contribution >= 0.6 is 0 Å². The van der Waals surface area contributed by atoms with Crippen LogP contribution in [-0.2, 0) is 12.1 Å². The first-order valence-electron chi connectivity index (χ1n) is 5.14. The molecule has 2 rings (SSSR count). The number of aliphatic hydroxyl groups is 1. The van der Waals surface area contributed by atoms with E-state index in [0.29, 0.717) is 6.07 Å². The summed E-state index contributed by atoms with van der Waals surface area (Å²) in [6.45, 7) is -0.380. The third-order valence-electron chi connectivity index (χ3n) is 2.59. The number of tetrazole rings is 1. The van der Waals surface area contributed by atoms with E-state index in [-0.39, 0.29) is 18.7 Å². The molecule has 1 aromatic carbocycles. The van der Waals surface area contributed by atoms with Gasteiger partial charge in [0.05, 0.1) is 6.54 Å². The van der Waals surface area contributed by atoms with E-state index in [9.17, 15) is 13.9 Å². The Kier molecular flexibility index (Phi) is 3.30. The van der Waals surface area contributed by atoms with Gasteiger partial charge in [0.25, 0.3) is 0 Å². The van der Waals surface area contributed by atoms with Crippen molar-refractivity contribution in [2.75, 3.05) is 6.54 Å². The molecule has 1 aromatic heterocycles. The molecule has 0 saturated carbocycles. The van der Waals surface area contributed by atoms with Crippen molar-refractivity contribution in [3.8, 4) is 0 Å². The molecule has 0 spiro atoms. The molecule has 0 aliphatic carbocycles. The Morgan fingerprint density at radius 3 is 2.72 bits per heavy atom. The smallest absolute Gasteiger partial charge is 0.138 e. The van der Waals surface area contributed by atoms with Gasteiger partial charge in [0, 0.05) is 18.2 Å². The summed E-state index contributed by atoms with van der Waals surface area (Å²) in [5.74, 6) is -1.59. The summed E-state index contributed by atoms with van der Waals surface area (Å²) in [7, 11) is 0. The minimum Gasteiger partial charge on any atom is -0.382 e. The monoisotopic (exact) mass is 255 g/mol. The van der Waals surface area contributed by atoms with Gasteiger partial charge >= 0.3 is 0 Å². The Bertz CT molecular complexity index is 533. The number of benzene rings is 1. The van der Waals surface area contributed by atoms with Gasteiger partial charge in [0.2, 0.25) is 0 Å². The van der Waals surface area contributed by atoms with E-state index < -0.39 is 17.2 Å². The highest BCUT2D eigenvalue weighted by Crippen LogP contribution is 2.25. The third-order valence-corrected chi connectivity index (χ3v) is 2.59. The molecule has 1 atom stereocenters. The fraction of sp³-hybridized carbons (Fsp3) is 0.300. The molecule has 0 radical (unpaired) electrons. The largest absolute Gasteiger partial charge is 0.382 e. The van der Waals surface area contributed by atoms with Crippen LogP contribution in [0.5, 0.6) is 0 Å². The van der Waals surface area contributed by atoms with Crippen molar-refractivity contribution in [3.63, 3.8) is 0 Å². The SMILES string of the molecule is NCC(O)(Cn1cnnn1)c1ccc(F)cc1F. The molecule has 2 aromatic rings. The maximum atomic E-state index is 13.6. The fourth-order valence-corrected chi connectivity index (χ4v) is 1.65. The van der Waals surface area contributed by atoms with Gasteiger partial charge in [-0.2, -0.15) is 0 Å². The van der Waals surface area contributed by atoms with Crippen LogP contribution in [0, 0.1) is 11.6 Å². The van der Waals surface area contributed by atoms with Gasteiger partial charge in [-0.05, 0) is 16.5 Å². The number of halogens is 2. The molecule has 8 heteroatoms. The molecule has 0 aliphatic heterocycles. The lowest BCUT2D eigenvalue weighted by Crippen LogP contribution is -2.40. The molecule has 0 saturated heterocycles. The van der Waals surface area contributed by atoms with Gasteiger partial charge in [-0.3, -0.25) is 0 Å². The molecule has 3 N–H and O–H groups in total. The van der Waals surface area contributed by atoms with Crippen LogP contribution in [0.2, 0.25) is 0 Å². The van der Waals surface area contributed by atoms with E-state index in [0.717, 1.165) is 12.1 Å². The molecule has 1 heterocycles. The van der Waals surface area contributed by atoms with Crippen LogP contribution in [0.4, 0.5) is 8.78 Å². The Balaban J connectivity index is 2.36. The highest BCUT2D eigenvalue weighted by Gasteiger charge is 2.32. The predicted octanol–water partition coefficient (Wildman–Crippen LogP) is -0.202. The number of hydrogen-bond acceptors (Lipinski definition) is 5. The van der Waals surface area contributed by atoms with Gasteiger partial charge in [-0.25, -0.2) is 13.5 Å².